The summed E-state index contributed by atoms with van der Waals surface area (Å²) in [6, 6.07) is 16.3. The first-order valence-electron chi connectivity index (χ1n) is 7.53. The Bertz CT molecular complexity index is 1010. The van der Waals surface area contributed by atoms with Crippen molar-refractivity contribution >= 4 is 15.9 Å². The van der Waals surface area contributed by atoms with Crippen LogP contribution in [-0.4, -0.2) is 30.0 Å². The van der Waals surface area contributed by atoms with Gasteiger partial charge in [0.25, 0.3) is 0 Å². The Morgan fingerprint density at radius 2 is 1.76 bits per heavy atom. The molecule has 0 saturated carbocycles. The summed E-state index contributed by atoms with van der Waals surface area (Å²) in [5.41, 5.74) is 2.06. The normalized spacial score (nSPS) is 11.0. The van der Waals surface area contributed by atoms with Gasteiger partial charge >= 0.3 is 0 Å². The van der Waals surface area contributed by atoms with Crippen molar-refractivity contribution in [1.29, 1.82) is 0 Å². The minimum absolute atomic E-state index is 0.345. The van der Waals surface area contributed by atoms with Crippen molar-refractivity contribution in [1.82, 2.24) is 30.0 Å². The SMILES string of the molecule is Fc1ccccc1-n1ncc(-c2nnn(Cc3ccccc3)n2)c1Br. The number of rotatable bonds is 4. The maximum Gasteiger partial charge on any atom is 0.209 e. The first-order chi connectivity index (χ1) is 12.2. The first kappa shape index (κ1) is 15.6. The second-order valence-corrected chi connectivity index (χ2v) is 6.09. The molecular weight excluding hydrogens is 387 g/mol. The summed E-state index contributed by atoms with van der Waals surface area (Å²) in [5.74, 6) is 0.0592. The van der Waals surface area contributed by atoms with Gasteiger partial charge in [-0.3, -0.25) is 0 Å². The molecule has 4 rings (SSSR count). The molecule has 0 unspecified atom stereocenters. The Morgan fingerprint density at radius 1 is 1.00 bits per heavy atom. The smallest absolute Gasteiger partial charge is 0.209 e. The monoisotopic (exact) mass is 398 g/mol. The molecule has 4 aromatic rings. The lowest BCUT2D eigenvalue weighted by molar-refractivity contribution is 0.573. The fourth-order valence-electron chi connectivity index (χ4n) is 2.44. The van der Waals surface area contributed by atoms with E-state index in [9.17, 15) is 4.39 Å². The van der Waals surface area contributed by atoms with Crippen LogP contribution in [0, 0.1) is 5.82 Å². The van der Waals surface area contributed by atoms with Crippen LogP contribution in [-0.2, 0) is 6.54 Å². The predicted molar refractivity (Wildman–Crippen MR) is 93.6 cm³/mol. The number of benzene rings is 2. The van der Waals surface area contributed by atoms with E-state index in [0.717, 1.165) is 5.56 Å². The Morgan fingerprint density at radius 3 is 2.56 bits per heavy atom. The predicted octanol–water partition coefficient (Wildman–Crippen LogP) is 3.48. The lowest BCUT2D eigenvalue weighted by Crippen LogP contribution is -2.03. The molecule has 6 nitrogen and oxygen atoms in total. The Labute approximate surface area is 151 Å². The lowest BCUT2D eigenvalue weighted by atomic mass is 10.2. The minimum Gasteiger partial charge on any atom is -0.223 e. The third-order valence-electron chi connectivity index (χ3n) is 3.65. The average Bonchev–Trinajstić information content (AvgIpc) is 3.23. The summed E-state index contributed by atoms with van der Waals surface area (Å²) in [6.45, 7) is 0.521. The van der Waals surface area contributed by atoms with E-state index in [4.69, 9.17) is 0 Å². The van der Waals surface area contributed by atoms with Crippen LogP contribution in [0.3, 0.4) is 0 Å². The largest absolute Gasteiger partial charge is 0.223 e. The first-order valence-corrected chi connectivity index (χ1v) is 8.32. The number of tetrazole rings is 1. The van der Waals surface area contributed by atoms with Crippen molar-refractivity contribution in [3.8, 4) is 17.1 Å². The Balaban J connectivity index is 1.64. The van der Waals surface area contributed by atoms with Gasteiger partial charge < -0.3 is 0 Å². The van der Waals surface area contributed by atoms with E-state index in [1.807, 2.05) is 30.3 Å². The zero-order valence-electron chi connectivity index (χ0n) is 12.9. The molecule has 0 fully saturated rings. The van der Waals surface area contributed by atoms with Gasteiger partial charge in [-0.25, -0.2) is 9.07 Å². The van der Waals surface area contributed by atoms with Crippen molar-refractivity contribution in [2.75, 3.05) is 0 Å². The molecule has 0 aliphatic carbocycles. The van der Waals surface area contributed by atoms with E-state index in [-0.39, 0.29) is 5.82 Å². The third-order valence-corrected chi connectivity index (χ3v) is 4.41. The standard InChI is InChI=1S/C17H12BrFN6/c18-16-13(10-20-25(16)15-9-5-4-8-14(15)19)17-21-23-24(22-17)11-12-6-2-1-3-7-12/h1-10H,11H2. The molecular formula is C17H12BrFN6. The Kier molecular flexibility index (Phi) is 4.10. The van der Waals surface area contributed by atoms with E-state index >= 15 is 0 Å². The molecule has 0 atom stereocenters. The number of nitrogens with zero attached hydrogens (tertiary/aromatic N) is 6. The molecule has 0 aliphatic rings. The van der Waals surface area contributed by atoms with Crippen LogP contribution < -0.4 is 0 Å². The minimum atomic E-state index is -0.362. The van der Waals surface area contributed by atoms with Crippen LogP contribution in [0.15, 0.2) is 65.4 Å². The average molecular weight is 399 g/mol. The van der Waals surface area contributed by atoms with Gasteiger partial charge in [-0.1, -0.05) is 42.5 Å². The van der Waals surface area contributed by atoms with E-state index in [2.05, 4.69) is 36.4 Å². The fraction of sp³-hybridized carbons (Fsp3) is 0.0588. The number of hydrogen-bond acceptors (Lipinski definition) is 4. The van der Waals surface area contributed by atoms with Gasteiger partial charge in [-0.2, -0.15) is 9.90 Å². The molecule has 0 spiro atoms. The highest BCUT2D eigenvalue weighted by atomic mass is 79.9. The topological polar surface area (TPSA) is 61.4 Å². The molecule has 8 heteroatoms. The van der Waals surface area contributed by atoms with Crippen LogP contribution >= 0.6 is 15.9 Å². The highest BCUT2D eigenvalue weighted by Crippen LogP contribution is 2.28. The van der Waals surface area contributed by atoms with E-state index < -0.39 is 0 Å². The second-order valence-electron chi connectivity index (χ2n) is 5.34. The van der Waals surface area contributed by atoms with Gasteiger partial charge in [0.2, 0.25) is 5.82 Å². The Hall–Kier alpha value is -2.87. The third kappa shape index (κ3) is 3.08. The van der Waals surface area contributed by atoms with Gasteiger partial charge in [0.1, 0.15) is 16.1 Å². The zero-order chi connectivity index (χ0) is 17.2. The molecule has 0 aliphatic heterocycles. The van der Waals surface area contributed by atoms with Crippen LogP contribution in [0.2, 0.25) is 0 Å². The summed E-state index contributed by atoms with van der Waals surface area (Å²) in [4.78, 5) is 1.51. The molecule has 0 amide bonds. The molecule has 2 aromatic heterocycles. The molecule has 2 heterocycles. The van der Waals surface area contributed by atoms with E-state index in [1.165, 1.54) is 15.5 Å². The molecule has 0 N–H and O–H groups in total. The lowest BCUT2D eigenvalue weighted by Gasteiger charge is -2.04. The summed E-state index contributed by atoms with van der Waals surface area (Å²) in [7, 11) is 0. The quantitative estimate of drug-likeness (QED) is 0.527. The second kappa shape index (κ2) is 6.56. The maximum atomic E-state index is 14.0. The molecule has 124 valence electrons. The van der Waals surface area contributed by atoms with Gasteiger partial charge in [0, 0.05) is 0 Å². The number of halogens is 2. The number of hydrogen-bond donors (Lipinski definition) is 0. The molecule has 0 saturated heterocycles. The van der Waals surface area contributed by atoms with Crippen LogP contribution in [0.4, 0.5) is 4.39 Å². The van der Waals surface area contributed by atoms with E-state index in [1.54, 1.807) is 24.4 Å². The highest BCUT2D eigenvalue weighted by Gasteiger charge is 2.17. The fourth-order valence-corrected chi connectivity index (χ4v) is 3.00. The van der Waals surface area contributed by atoms with Crippen molar-refractivity contribution < 1.29 is 4.39 Å². The van der Waals surface area contributed by atoms with Gasteiger partial charge in [0.05, 0.1) is 18.3 Å². The van der Waals surface area contributed by atoms with Gasteiger partial charge in [-0.05, 0) is 38.8 Å². The zero-order valence-corrected chi connectivity index (χ0v) is 14.5. The summed E-state index contributed by atoms with van der Waals surface area (Å²) in [6.07, 6.45) is 1.58. The van der Waals surface area contributed by atoms with Crippen molar-refractivity contribution in [2.24, 2.45) is 0 Å². The molecule has 25 heavy (non-hydrogen) atoms. The van der Waals surface area contributed by atoms with Crippen molar-refractivity contribution in [2.45, 2.75) is 6.54 Å². The van der Waals surface area contributed by atoms with Crippen LogP contribution in [0.5, 0.6) is 0 Å². The molecule has 2 aromatic carbocycles. The van der Waals surface area contributed by atoms with Gasteiger partial charge in [-0.15, -0.1) is 10.2 Å². The van der Waals surface area contributed by atoms with Crippen LogP contribution in [0.1, 0.15) is 5.56 Å². The summed E-state index contributed by atoms with van der Waals surface area (Å²) < 4.78 is 16.0. The summed E-state index contributed by atoms with van der Waals surface area (Å²) in [5, 5.41) is 16.8. The van der Waals surface area contributed by atoms with Crippen LogP contribution in [0.25, 0.3) is 17.1 Å². The van der Waals surface area contributed by atoms with Crippen molar-refractivity contribution in [3.63, 3.8) is 0 Å². The maximum absolute atomic E-state index is 14.0. The van der Waals surface area contributed by atoms with Crippen molar-refractivity contribution in [3.05, 3.63) is 76.8 Å². The molecule has 0 radical (unpaired) electrons. The summed E-state index contributed by atoms with van der Waals surface area (Å²) >= 11 is 3.45. The molecule has 0 bridgehead atoms. The number of aromatic nitrogens is 6. The highest BCUT2D eigenvalue weighted by molar-refractivity contribution is 9.10. The van der Waals surface area contributed by atoms with Gasteiger partial charge in [0.15, 0.2) is 0 Å². The van der Waals surface area contributed by atoms with E-state index in [0.29, 0.717) is 28.2 Å². The number of para-hydroxylation sites is 1.